The van der Waals surface area contributed by atoms with Crippen molar-refractivity contribution in [3.63, 3.8) is 0 Å². The summed E-state index contributed by atoms with van der Waals surface area (Å²) in [6, 6.07) is 1.61. The van der Waals surface area contributed by atoms with Gasteiger partial charge >= 0.3 is 5.97 Å². The molecular weight excluding hydrogens is 218 g/mol. The summed E-state index contributed by atoms with van der Waals surface area (Å²) in [4.78, 5) is 13.8. The van der Waals surface area contributed by atoms with E-state index >= 15 is 0 Å². The molecule has 1 unspecified atom stereocenters. The Morgan fingerprint density at radius 1 is 1.53 bits per heavy atom. The zero-order chi connectivity index (χ0) is 13.1. The molecule has 0 amide bonds. The van der Waals surface area contributed by atoms with Gasteiger partial charge in [-0.15, -0.1) is 0 Å². The molecule has 1 atom stereocenters. The van der Waals surface area contributed by atoms with E-state index < -0.39 is 5.60 Å². The Morgan fingerprint density at radius 2 is 2.18 bits per heavy atom. The van der Waals surface area contributed by atoms with Gasteiger partial charge in [-0.1, -0.05) is 0 Å². The average Bonchev–Trinajstić information content (AvgIpc) is 2.66. The minimum atomic E-state index is -0.443. The summed E-state index contributed by atoms with van der Waals surface area (Å²) < 4.78 is 10.3. The Labute approximate surface area is 103 Å². The molecule has 0 saturated carbocycles. The standard InChI is InChI=1S/C13H21NO3/c1-10(12(15)17-13(2,3)4)14(5)8-11-6-7-16-9-11/h6-7,9-10H,8H2,1-5H3. The Balaban J connectivity index is 2.51. The highest BCUT2D eigenvalue weighted by Crippen LogP contribution is 2.12. The second kappa shape index (κ2) is 5.36. The monoisotopic (exact) mass is 239 g/mol. The summed E-state index contributed by atoms with van der Waals surface area (Å²) in [6.45, 7) is 8.11. The van der Waals surface area contributed by atoms with Gasteiger partial charge in [0.05, 0.1) is 12.5 Å². The van der Waals surface area contributed by atoms with Crippen molar-refractivity contribution in [3.05, 3.63) is 24.2 Å². The second-order valence-electron chi connectivity index (χ2n) is 5.26. The van der Waals surface area contributed by atoms with E-state index in [4.69, 9.17) is 9.15 Å². The van der Waals surface area contributed by atoms with Gasteiger partial charge in [0, 0.05) is 12.1 Å². The van der Waals surface area contributed by atoms with Crippen LogP contribution in [0.4, 0.5) is 0 Å². The molecule has 1 aromatic rings. The molecule has 1 rings (SSSR count). The van der Waals surface area contributed by atoms with Gasteiger partial charge in [-0.05, 0) is 40.8 Å². The number of nitrogens with zero attached hydrogens (tertiary/aromatic N) is 1. The van der Waals surface area contributed by atoms with Crippen molar-refractivity contribution in [3.8, 4) is 0 Å². The first-order valence-electron chi connectivity index (χ1n) is 5.74. The molecule has 0 radical (unpaired) electrons. The average molecular weight is 239 g/mol. The lowest BCUT2D eigenvalue weighted by atomic mass is 10.2. The van der Waals surface area contributed by atoms with Crippen LogP contribution in [0.5, 0.6) is 0 Å². The highest BCUT2D eigenvalue weighted by molar-refractivity contribution is 5.75. The molecule has 0 spiro atoms. The number of furan rings is 1. The zero-order valence-electron chi connectivity index (χ0n) is 11.2. The molecule has 96 valence electrons. The maximum Gasteiger partial charge on any atom is 0.323 e. The third-order valence-corrected chi connectivity index (χ3v) is 2.42. The molecule has 4 heteroatoms. The fourth-order valence-electron chi connectivity index (χ4n) is 1.37. The number of carbonyl (C=O) groups is 1. The SMILES string of the molecule is CC(C(=O)OC(C)(C)C)N(C)Cc1ccoc1. The second-order valence-corrected chi connectivity index (χ2v) is 5.26. The van der Waals surface area contributed by atoms with Crippen LogP contribution < -0.4 is 0 Å². The van der Waals surface area contributed by atoms with Gasteiger partial charge in [-0.2, -0.15) is 0 Å². The van der Waals surface area contributed by atoms with Crippen molar-refractivity contribution >= 4 is 5.97 Å². The van der Waals surface area contributed by atoms with E-state index in [0.717, 1.165) is 5.56 Å². The number of esters is 1. The van der Waals surface area contributed by atoms with E-state index in [1.54, 1.807) is 12.5 Å². The molecule has 0 saturated heterocycles. The van der Waals surface area contributed by atoms with Crippen molar-refractivity contribution < 1.29 is 13.9 Å². The van der Waals surface area contributed by atoms with Crippen LogP contribution in [0.2, 0.25) is 0 Å². The van der Waals surface area contributed by atoms with Crippen molar-refractivity contribution in [1.29, 1.82) is 0 Å². The maximum absolute atomic E-state index is 11.8. The van der Waals surface area contributed by atoms with E-state index in [0.29, 0.717) is 6.54 Å². The van der Waals surface area contributed by atoms with Crippen LogP contribution in [0, 0.1) is 0 Å². The molecular formula is C13H21NO3. The fourth-order valence-corrected chi connectivity index (χ4v) is 1.37. The normalized spacial score (nSPS) is 13.8. The van der Waals surface area contributed by atoms with Gasteiger partial charge < -0.3 is 9.15 Å². The molecule has 1 aromatic heterocycles. The van der Waals surface area contributed by atoms with Crippen LogP contribution in [0.15, 0.2) is 23.0 Å². The molecule has 0 bridgehead atoms. The van der Waals surface area contributed by atoms with E-state index in [1.807, 2.05) is 45.7 Å². The minimum absolute atomic E-state index is 0.205. The van der Waals surface area contributed by atoms with Gasteiger partial charge in [0.2, 0.25) is 0 Å². The largest absolute Gasteiger partial charge is 0.472 e. The molecule has 1 heterocycles. The van der Waals surface area contributed by atoms with Crippen LogP contribution in [0.25, 0.3) is 0 Å². The van der Waals surface area contributed by atoms with Crippen LogP contribution in [-0.2, 0) is 16.1 Å². The summed E-state index contributed by atoms with van der Waals surface area (Å²) in [5, 5.41) is 0. The van der Waals surface area contributed by atoms with Crippen LogP contribution in [0.1, 0.15) is 33.3 Å². The van der Waals surface area contributed by atoms with Crippen LogP contribution in [-0.4, -0.2) is 29.6 Å². The Bertz CT molecular complexity index is 351. The van der Waals surface area contributed by atoms with Crippen molar-refractivity contribution in [1.82, 2.24) is 4.90 Å². The fraction of sp³-hybridized carbons (Fsp3) is 0.615. The first-order chi connectivity index (χ1) is 7.79. The lowest BCUT2D eigenvalue weighted by molar-refractivity contribution is -0.160. The van der Waals surface area contributed by atoms with Crippen LogP contribution >= 0.6 is 0 Å². The summed E-state index contributed by atoms with van der Waals surface area (Å²) >= 11 is 0. The van der Waals surface area contributed by atoms with Gasteiger partial charge in [0.25, 0.3) is 0 Å². The predicted octanol–water partition coefficient (Wildman–Crippen LogP) is 2.44. The number of likely N-dealkylation sites (N-methyl/N-ethyl adjacent to an activating group) is 1. The Morgan fingerprint density at radius 3 is 2.65 bits per heavy atom. The molecule has 0 aromatic carbocycles. The lowest BCUT2D eigenvalue weighted by Gasteiger charge is -2.27. The highest BCUT2D eigenvalue weighted by Gasteiger charge is 2.24. The van der Waals surface area contributed by atoms with Crippen molar-refractivity contribution in [2.75, 3.05) is 7.05 Å². The number of hydrogen-bond acceptors (Lipinski definition) is 4. The zero-order valence-corrected chi connectivity index (χ0v) is 11.2. The van der Waals surface area contributed by atoms with Crippen LogP contribution in [0.3, 0.4) is 0 Å². The van der Waals surface area contributed by atoms with Gasteiger partial charge in [0.15, 0.2) is 0 Å². The molecule has 4 nitrogen and oxygen atoms in total. The van der Waals surface area contributed by atoms with Gasteiger partial charge in [-0.3, -0.25) is 9.69 Å². The van der Waals surface area contributed by atoms with E-state index in [2.05, 4.69) is 0 Å². The summed E-state index contributed by atoms with van der Waals surface area (Å²) in [6.07, 6.45) is 3.31. The highest BCUT2D eigenvalue weighted by atomic mass is 16.6. The molecule has 0 aliphatic rings. The molecule has 0 aliphatic carbocycles. The van der Waals surface area contributed by atoms with Gasteiger partial charge in [0.1, 0.15) is 11.6 Å². The molecule has 0 N–H and O–H groups in total. The van der Waals surface area contributed by atoms with E-state index in [9.17, 15) is 4.79 Å². The molecule has 17 heavy (non-hydrogen) atoms. The number of hydrogen-bond donors (Lipinski definition) is 0. The summed E-state index contributed by atoms with van der Waals surface area (Å²) in [7, 11) is 1.89. The topological polar surface area (TPSA) is 42.7 Å². The van der Waals surface area contributed by atoms with E-state index in [1.165, 1.54) is 0 Å². The molecule has 0 aliphatic heterocycles. The van der Waals surface area contributed by atoms with E-state index in [-0.39, 0.29) is 12.0 Å². The smallest absolute Gasteiger partial charge is 0.323 e. The Hall–Kier alpha value is -1.29. The number of rotatable bonds is 4. The maximum atomic E-state index is 11.8. The summed E-state index contributed by atoms with van der Waals surface area (Å²) in [5.74, 6) is -0.205. The summed E-state index contributed by atoms with van der Waals surface area (Å²) in [5.41, 5.74) is 0.602. The first kappa shape index (κ1) is 13.8. The first-order valence-corrected chi connectivity index (χ1v) is 5.74. The number of carbonyl (C=O) groups excluding carboxylic acids is 1. The third kappa shape index (κ3) is 4.61. The predicted molar refractivity (Wildman–Crippen MR) is 65.5 cm³/mol. The number of ether oxygens (including phenoxy) is 1. The van der Waals surface area contributed by atoms with Crippen molar-refractivity contribution in [2.45, 2.75) is 45.9 Å². The minimum Gasteiger partial charge on any atom is -0.472 e. The third-order valence-electron chi connectivity index (χ3n) is 2.42. The quantitative estimate of drug-likeness (QED) is 0.757. The molecule has 0 fully saturated rings. The van der Waals surface area contributed by atoms with Gasteiger partial charge in [-0.25, -0.2) is 0 Å². The lowest BCUT2D eigenvalue weighted by Crippen LogP contribution is -2.40. The van der Waals surface area contributed by atoms with Crippen molar-refractivity contribution in [2.24, 2.45) is 0 Å². The Kier molecular flexibility index (Phi) is 4.34.